The lowest BCUT2D eigenvalue weighted by atomic mass is 9.95. The van der Waals surface area contributed by atoms with E-state index in [0.29, 0.717) is 27.4 Å². The fourth-order valence-electron chi connectivity index (χ4n) is 3.46. The van der Waals surface area contributed by atoms with E-state index in [-0.39, 0.29) is 5.88 Å². The summed E-state index contributed by atoms with van der Waals surface area (Å²) in [5.74, 6) is 0.0000815. The van der Waals surface area contributed by atoms with E-state index in [1.54, 1.807) is 24.3 Å². The van der Waals surface area contributed by atoms with Gasteiger partial charge >= 0.3 is 0 Å². The molecule has 6 heteroatoms. The molecule has 31 heavy (non-hydrogen) atoms. The maximum absolute atomic E-state index is 10.7. The van der Waals surface area contributed by atoms with E-state index in [1.807, 2.05) is 56.3 Å². The highest BCUT2D eigenvalue weighted by Crippen LogP contribution is 2.33. The summed E-state index contributed by atoms with van der Waals surface area (Å²) in [4.78, 5) is 7.84. The molecule has 0 radical (unpaired) electrons. The molecule has 0 fully saturated rings. The van der Waals surface area contributed by atoms with Crippen molar-refractivity contribution in [2.24, 2.45) is 10.7 Å². The Hall–Kier alpha value is -3.59. The number of nitrogens with two attached hydrogens (primary N) is 1. The molecular formula is C25H21ClN4O. The Kier molecular flexibility index (Phi) is 5.28. The fourth-order valence-corrected chi connectivity index (χ4v) is 3.63. The Morgan fingerprint density at radius 3 is 2.35 bits per heavy atom. The molecule has 0 bridgehead atoms. The van der Waals surface area contributed by atoms with E-state index < -0.39 is 5.54 Å². The lowest BCUT2D eigenvalue weighted by molar-refractivity contribution is 0.457. The molecule has 0 aliphatic heterocycles. The number of rotatable bonds is 4. The average molecular weight is 429 g/mol. The molecule has 0 saturated heterocycles. The van der Waals surface area contributed by atoms with Crippen molar-refractivity contribution in [3.05, 3.63) is 94.0 Å². The van der Waals surface area contributed by atoms with Gasteiger partial charge in [0.05, 0.1) is 34.1 Å². The Bertz CT molecular complexity index is 1320. The van der Waals surface area contributed by atoms with Crippen LogP contribution in [0.15, 0.2) is 71.7 Å². The second kappa shape index (κ2) is 7.92. The monoisotopic (exact) mass is 428 g/mol. The van der Waals surface area contributed by atoms with Crippen LogP contribution in [-0.2, 0) is 5.54 Å². The normalized spacial score (nSPS) is 12.2. The van der Waals surface area contributed by atoms with Gasteiger partial charge in [0, 0.05) is 21.5 Å². The first-order valence-corrected chi connectivity index (χ1v) is 10.1. The van der Waals surface area contributed by atoms with Crippen molar-refractivity contribution >= 4 is 33.9 Å². The number of aliphatic imine (C=N–C) groups is 1. The number of fused-ring (bicyclic) bond motifs is 1. The number of nitrogens with zero attached hydrogens (tertiary/aromatic N) is 2. The van der Waals surface area contributed by atoms with Gasteiger partial charge in [-0.15, -0.1) is 0 Å². The van der Waals surface area contributed by atoms with Gasteiger partial charge in [-0.2, -0.15) is 5.26 Å². The number of aromatic nitrogens is 1. The Morgan fingerprint density at radius 1 is 1.06 bits per heavy atom. The highest BCUT2D eigenvalue weighted by Gasteiger charge is 2.19. The molecular weight excluding hydrogens is 408 g/mol. The number of aromatic amines is 1. The highest BCUT2D eigenvalue weighted by molar-refractivity contribution is 6.31. The summed E-state index contributed by atoms with van der Waals surface area (Å²) in [5.41, 5.74) is 10.6. The molecule has 0 unspecified atom stereocenters. The molecule has 0 saturated carbocycles. The Morgan fingerprint density at radius 2 is 1.74 bits per heavy atom. The van der Waals surface area contributed by atoms with Gasteiger partial charge in [-0.3, -0.25) is 0 Å². The smallest absolute Gasteiger partial charge is 0.199 e. The number of nitrogens with one attached hydrogen (secondary N) is 1. The van der Waals surface area contributed by atoms with Gasteiger partial charge in [-0.25, -0.2) is 4.99 Å². The molecule has 4 rings (SSSR count). The molecule has 4 aromatic rings. The van der Waals surface area contributed by atoms with Crippen molar-refractivity contribution in [1.82, 2.24) is 4.98 Å². The molecule has 0 amide bonds. The predicted octanol–water partition coefficient (Wildman–Crippen LogP) is 5.76. The van der Waals surface area contributed by atoms with Crippen LogP contribution in [0.3, 0.4) is 0 Å². The minimum atomic E-state index is -0.452. The Labute approximate surface area is 185 Å². The summed E-state index contributed by atoms with van der Waals surface area (Å²) in [6.45, 7) is 3.89. The first kappa shape index (κ1) is 20.7. The molecule has 0 aliphatic carbocycles. The van der Waals surface area contributed by atoms with Gasteiger partial charge in [0.2, 0.25) is 0 Å². The van der Waals surface area contributed by atoms with Crippen LogP contribution >= 0.6 is 11.6 Å². The average Bonchev–Trinajstić information content (AvgIpc) is 3.06. The predicted molar refractivity (Wildman–Crippen MR) is 125 cm³/mol. The molecule has 154 valence electrons. The number of H-pyrrole nitrogens is 1. The van der Waals surface area contributed by atoms with Gasteiger partial charge in [-0.05, 0) is 55.8 Å². The van der Waals surface area contributed by atoms with E-state index in [2.05, 4.69) is 11.1 Å². The van der Waals surface area contributed by atoms with Crippen molar-refractivity contribution in [3.63, 3.8) is 0 Å². The molecule has 0 spiro atoms. The third-order valence-corrected chi connectivity index (χ3v) is 5.35. The summed E-state index contributed by atoms with van der Waals surface area (Å²) in [6, 6.07) is 22.3. The summed E-state index contributed by atoms with van der Waals surface area (Å²) in [6.07, 6.45) is 0. The SMILES string of the molecule is CC(C)(N)c1ccc(N=C(c2ccc(C#N)cc2)c2c(O)[nH]c3cc(Cl)ccc23)cc1. The second-order valence-electron chi connectivity index (χ2n) is 7.96. The zero-order chi connectivity index (χ0) is 22.2. The maximum atomic E-state index is 10.7. The van der Waals surface area contributed by atoms with E-state index in [0.717, 1.165) is 22.2 Å². The van der Waals surface area contributed by atoms with Crippen molar-refractivity contribution < 1.29 is 5.11 Å². The standard InChI is InChI=1S/C25H21ClN4O/c1-25(2,28)17-7-10-19(11-8-17)29-23(16-5-3-15(14-27)4-6-16)22-20-12-9-18(26)13-21(20)30-24(22)31/h3-13,30-31H,28H2,1-2H3. The molecule has 4 N–H and O–H groups in total. The third-order valence-electron chi connectivity index (χ3n) is 5.12. The van der Waals surface area contributed by atoms with Crippen LogP contribution in [0.1, 0.15) is 36.1 Å². The van der Waals surface area contributed by atoms with Crippen LogP contribution < -0.4 is 5.73 Å². The number of halogens is 1. The van der Waals surface area contributed by atoms with Crippen LogP contribution in [-0.4, -0.2) is 15.8 Å². The van der Waals surface area contributed by atoms with E-state index >= 15 is 0 Å². The summed E-state index contributed by atoms with van der Waals surface area (Å²) in [7, 11) is 0. The minimum absolute atomic E-state index is 0.0000815. The van der Waals surface area contributed by atoms with E-state index in [1.165, 1.54) is 0 Å². The van der Waals surface area contributed by atoms with Crippen molar-refractivity contribution in [1.29, 1.82) is 5.26 Å². The maximum Gasteiger partial charge on any atom is 0.199 e. The molecule has 0 aliphatic rings. The van der Waals surface area contributed by atoms with Gasteiger partial charge in [0.1, 0.15) is 0 Å². The molecule has 1 heterocycles. The topological polar surface area (TPSA) is 98.2 Å². The van der Waals surface area contributed by atoms with Crippen LogP contribution in [0.2, 0.25) is 5.02 Å². The van der Waals surface area contributed by atoms with Crippen molar-refractivity contribution in [2.75, 3.05) is 0 Å². The molecule has 3 aromatic carbocycles. The van der Waals surface area contributed by atoms with Crippen LogP contribution in [0.25, 0.3) is 10.9 Å². The van der Waals surface area contributed by atoms with Crippen LogP contribution in [0.4, 0.5) is 5.69 Å². The van der Waals surface area contributed by atoms with Gasteiger partial charge < -0.3 is 15.8 Å². The number of hydrogen-bond acceptors (Lipinski definition) is 4. The largest absolute Gasteiger partial charge is 0.494 e. The summed E-state index contributed by atoms with van der Waals surface area (Å²) < 4.78 is 0. The Balaban J connectivity index is 1.91. The lowest BCUT2D eigenvalue weighted by Crippen LogP contribution is -2.28. The van der Waals surface area contributed by atoms with E-state index in [4.69, 9.17) is 27.6 Å². The first-order chi connectivity index (χ1) is 14.8. The molecule has 1 aromatic heterocycles. The number of benzene rings is 3. The number of aromatic hydroxyl groups is 1. The van der Waals surface area contributed by atoms with E-state index in [9.17, 15) is 5.11 Å². The quantitative estimate of drug-likeness (QED) is 0.360. The summed E-state index contributed by atoms with van der Waals surface area (Å²) in [5, 5.41) is 21.2. The first-order valence-electron chi connectivity index (χ1n) is 9.75. The molecule has 5 nitrogen and oxygen atoms in total. The fraction of sp³-hybridized carbons (Fsp3) is 0.120. The minimum Gasteiger partial charge on any atom is -0.494 e. The van der Waals surface area contributed by atoms with Crippen LogP contribution in [0.5, 0.6) is 5.88 Å². The zero-order valence-corrected chi connectivity index (χ0v) is 17.9. The van der Waals surface area contributed by atoms with Crippen LogP contribution in [0, 0.1) is 11.3 Å². The zero-order valence-electron chi connectivity index (χ0n) is 17.1. The summed E-state index contributed by atoms with van der Waals surface area (Å²) >= 11 is 6.12. The van der Waals surface area contributed by atoms with Crippen molar-refractivity contribution in [3.8, 4) is 11.9 Å². The highest BCUT2D eigenvalue weighted by atomic mass is 35.5. The van der Waals surface area contributed by atoms with Gasteiger partial charge in [0.15, 0.2) is 5.88 Å². The van der Waals surface area contributed by atoms with Crippen molar-refractivity contribution in [2.45, 2.75) is 19.4 Å². The number of nitriles is 1. The second-order valence-corrected chi connectivity index (χ2v) is 8.39. The number of hydrogen-bond donors (Lipinski definition) is 3. The third kappa shape index (κ3) is 4.17. The lowest BCUT2D eigenvalue weighted by Gasteiger charge is -2.19. The van der Waals surface area contributed by atoms with Gasteiger partial charge in [-0.1, -0.05) is 41.9 Å². The van der Waals surface area contributed by atoms with Gasteiger partial charge in [0.25, 0.3) is 0 Å². The molecule has 0 atom stereocenters.